The first-order chi connectivity index (χ1) is 45.4. The van der Waals surface area contributed by atoms with Gasteiger partial charge < -0.3 is 33.8 Å². The van der Waals surface area contributed by atoms with Gasteiger partial charge in [-0.05, 0) is 63.2 Å². The molecule has 0 aromatic heterocycles. The smallest absolute Gasteiger partial charge is 0.462 e. The molecule has 0 aliphatic rings. The molecule has 0 spiro atoms. The van der Waals surface area contributed by atoms with Crippen LogP contribution in [0, 0.1) is 11.8 Å². The van der Waals surface area contributed by atoms with Crippen molar-refractivity contribution in [1.82, 2.24) is 0 Å². The molecule has 0 aromatic carbocycles. The van der Waals surface area contributed by atoms with Crippen molar-refractivity contribution in [2.24, 2.45) is 11.8 Å². The quantitative estimate of drug-likeness (QED) is 0.0169. The minimum absolute atomic E-state index is 0.0850. The van der Waals surface area contributed by atoms with Crippen molar-refractivity contribution >= 4 is 39.5 Å². The molecule has 0 aliphatic heterocycles. The topological polar surface area (TPSA) is 237 Å². The van der Waals surface area contributed by atoms with Crippen LogP contribution in [0.25, 0.3) is 0 Å². The van der Waals surface area contributed by atoms with Crippen molar-refractivity contribution in [3.63, 3.8) is 0 Å². The van der Waals surface area contributed by atoms with Crippen LogP contribution in [-0.4, -0.2) is 96.7 Å². The summed E-state index contributed by atoms with van der Waals surface area (Å²) in [6.45, 7) is 9.52. The van der Waals surface area contributed by atoms with E-state index in [4.69, 9.17) is 37.0 Å². The van der Waals surface area contributed by atoms with Crippen LogP contribution in [0.2, 0.25) is 0 Å². The molecule has 0 saturated carbocycles. The molecule has 0 aromatic rings. The van der Waals surface area contributed by atoms with Gasteiger partial charge in [0.05, 0.1) is 26.4 Å². The second-order valence-corrected chi connectivity index (χ2v) is 30.2. The molecule has 0 radical (unpaired) electrons. The lowest BCUT2D eigenvalue weighted by Crippen LogP contribution is -2.30. The highest BCUT2D eigenvalue weighted by atomic mass is 31.2. The molecule has 554 valence electrons. The van der Waals surface area contributed by atoms with Crippen molar-refractivity contribution < 1.29 is 80.2 Å². The van der Waals surface area contributed by atoms with E-state index in [-0.39, 0.29) is 25.7 Å². The first-order valence-corrected chi connectivity index (χ1v) is 41.3. The van der Waals surface area contributed by atoms with E-state index in [0.717, 1.165) is 115 Å². The largest absolute Gasteiger partial charge is 0.472 e. The number of unbranched alkanes of at least 4 members (excludes halogenated alkanes) is 39. The summed E-state index contributed by atoms with van der Waals surface area (Å²) in [7, 11) is -9.92. The van der Waals surface area contributed by atoms with Crippen LogP contribution in [0.5, 0.6) is 0 Å². The van der Waals surface area contributed by atoms with Gasteiger partial charge >= 0.3 is 39.5 Å². The fraction of sp³-hybridized carbons (Fsp3) is 0.893. The number of aliphatic hydroxyl groups is 1. The van der Waals surface area contributed by atoms with Crippen LogP contribution in [0.4, 0.5) is 0 Å². The minimum Gasteiger partial charge on any atom is -0.462 e. The van der Waals surface area contributed by atoms with Crippen LogP contribution >= 0.6 is 15.6 Å². The number of carbonyl (C=O) groups excluding carboxylic acids is 4. The molecule has 5 atom stereocenters. The number of carbonyl (C=O) groups is 4. The molecule has 0 heterocycles. The summed E-state index contributed by atoms with van der Waals surface area (Å²) in [5, 5.41) is 10.6. The molecule has 17 nitrogen and oxygen atoms in total. The van der Waals surface area contributed by atoms with Gasteiger partial charge in [-0.1, -0.05) is 310 Å². The summed E-state index contributed by atoms with van der Waals surface area (Å²) >= 11 is 0. The maximum Gasteiger partial charge on any atom is 0.472 e. The number of hydrogen-bond donors (Lipinski definition) is 3. The molecular weight excluding hydrogens is 1230 g/mol. The number of allylic oxidation sites excluding steroid dienone is 4. The van der Waals surface area contributed by atoms with E-state index >= 15 is 0 Å². The number of phosphoric ester groups is 2. The van der Waals surface area contributed by atoms with Crippen molar-refractivity contribution in [2.45, 2.75) is 381 Å². The van der Waals surface area contributed by atoms with E-state index < -0.39 is 97.5 Å². The van der Waals surface area contributed by atoms with Gasteiger partial charge in [0, 0.05) is 25.7 Å². The third-order valence-electron chi connectivity index (χ3n) is 16.8. The number of ether oxygens (including phenoxy) is 4. The highest BCUT2D eigenvalue weighted by Crippen LogP contribution is 2.45. The predicted molar refractivity (Wildman–Crippen MR) is 381 cm³/mol. The Hall–Kier alpha value is -2.46. The predicted octanol–water partition coefficient (Wildman–Crippen LogP) is 21.5. The van der Waals surface area contributed by atoms with Crippen molar-refractivity contribution in [3.05, 3.63) is 24.3 Å². The van der Waals surface area contributed by atoms with E-state index in [0.29, 0.717) is 25.7 Å². The van der Waals surface area contributed by atoms with Gasteiger partial charge in [-0.3, -0.25) is 37.3 Å². The Balaban J connectivity index is 5.29. The van der Waals surface area contributed by atoms with Crippen LogP contribution in [0.3, 0.4) is 0 Å². The van der Waals surface area contributed by atoms with Crippen LogP contribution in [0.15, 0.2) is 24.3 Å². The number of hydrogen-bond acceptors (Lipinski definition) is 15. The second kappa shape index (κ2) is 66.4. The summed E-state index contributed by atoms with van der Waals surface area (Å²) in [4.78, 5) is 72.7. The zero-order valence-electron chi connectivity index (χ0n) is 60.7. The van der Waals surface area contributed by atoms with Gasteiger partial charge in [-0.25, -0.2) is 9.13 Å². The lowest BCUT2D eigenvalue weighted by Gasteiger charge is -2.21. The maximum absolute atomic E-state index is 13.1. The summed E-state index contributed by atoms with van der Waals surface area (Å²) in [6.07, 6.45) is 56.2. The third-order valence-corrected chi connectivity index (χ3v) is 18.7. The summed E-state index contributed by atoms with van der Waals surface area (Å²) in [5.74, 6) is -0.604. The Kier molecular flexibility index (Phi) is 64.7. The van der Waals surface area contributed by atoms with Crippen molar-refractivity contribution in [1.29, 1.82) is 0 Å². The summed E-state index contributed by atoms with van der Waals surface area (Å²) in [6, 6.07) is 0. The zero-order chi connectivity index (χ0) is 69.3. The Morgan fingerprint density at radius 3 is 0.872 bits per heavy atom. The van der Waals surface area contributed by atoms with E-state index in [2.05, 4.69) is 65.8 Å². The molecule has 0 fully saturated rings. The van der Waals surface area contributed by atoms with Gasteiger partial charge in [0.2, 0.25) is 0 Å². The molecule has 2 unspecified atom stereocenters. The monoisotopic (exact) mass is 1380 g/mol. The summed E-state index contributed by atoms with van der Waals surface area (Å²) < 4.78 is 68.4. The molecule has 19 heteroatoms. The lowest BCUT2D eigenvalue weighted by atomic mass is 10.0. The molecule has 0 bridgehead atoms. The Labute approximate surface area is 573 Å². The van der Waals surface area contributed by atoms with Gasteiger partial charge in [0.1, 0.15) is 19.3 Å². The molecule has 94 heavy (non-hydrogen) atoms. The third kappa shape index (κ3) is 68.1. The number of esters is 4. The minimum atomic E-state index is -4.96. The highest BCUT2D eigenvalue weighted by molar-refractivity contribution is 7.47. The fourth-order valence-electron chi connectivity index (χ4n) is 10.9. The molecule has 0 rings (SSSR count). The fourth-order valence-corrected chi connectivity index (χ4v) is 12.5. The number of phosphoric acid groups is 2. The standard InChI is InChI=1S/C75H142O17P2/c1-7-9-11-13-15-17-19-20-21-22-29-35-41-47-53-59-74(79)91-71(64-86-73(78)58-52-46-40-34-28-24-23-26-31-37-43-49-55-67(3)4)66-90-94(83,84)88-62-69(76)61-87-93(81,82)89-65-70(63-85-72(77)57-51-45-39-33-18-16-14-12-10-8-2)92-75(80)60-54-48-42-36-30-25-27-32-38-44-50-56-68(5)6/h17,19-21,67-71,76H,7-16,18,22-66H2,1-6H3,(H,81,82)(H,83,84)/b19-17-,21-20-/t69-,70+,71+/m0/s1. The van der Waals surface area contributed by atoms with E-state index in [9.17, 15) is 43.2 Å². The first kappa shape index (κ1) is 91.5. The molecule has 3 N–H and O–H groups in total. The Morgan fingerprint density at radius 1 is 0.330 bits per heavy atom. The van der Waals surface area contributed by atoms with Crippen LogP contribution in [0.1, 0.15) is 363 Å². The highest BCUT2D eigenvalue weighted by Gasteiger charge is 2.30. The van der Waals surface area contributed by atoms with E-state index in [1.807, 2.05) is 0 Å². The van der Waals surface area contributed by atoms with Gasteiger partial charge in [-0.15, -0.1) is 0 Å². The molecule has 0 amide bonds. The Bertz CT molecular complexity index is 1910. The van der Waals surface area contributed by atoms with Crippen LogP contribution in [-0.2, 0) is 65.4 Å². The molecular formula is C75H142O17P2. The molecule has 0 aliphatic carbocycles. The van der Waals surface area contributed by atoms with Gasteiger partial charge in [0.15, 0.2) is 12.2 Å². The van der Waals surface area contributed by atoms with E-state index in [1.54, 1.807) is 0 Å². The van der Waals surface area contributed by atoms with Gasteiger partial charge in [0.25, 0.3) is 0 Å². The molecule has 0 saturated heterocycles. The normalized spacial score (nSPS) is 14.2. The summed E-state index contributed by atoms with van der Waals surface area (Å²) in [5.41, 5.74) is 0. The number of rotatable bonds is 72. The maximum atomic E-state index is 13.1. The van der Waals surface area contributed by atoms with Crippen molar-refractivity contribution in [2.75, 3.05) is 39.6 Å². The average Bonchev–Trinajstić information content (AvgIpc) is 1.55. The average molecular weight is 1380 g/mol. The Morgan fingerprint density at radius 2 is 0.574 bits per heavy atom. The van der Waals surface area contributed by atoms with Crippen LogP contribution < -0.4 is 0 Å². The lowest BCUT2D eigenvalue weighted by molar-refractivity contribution is -0.161. The second-order valence-electron chi connectivity index (χ2n) is 27.3. The van der Waals surface area contributed by atoms with Crippen molar-refractivity contribution in [3.8, 4) is 0 Å². The van der Waals surface area contributed by atoms with E-state index in [1.165, 1.54) is 167 Å². The zero-order valence-corrected chi connectivity index (χ0v) is 62.5. The first-order valence-electron chi connectivity index (χ1n) is 38.3. The number of aliphatic hydroxyl groups excluding tert-OH is 1. The SMILES string of the molecule is CCCCCC/C=C\C=C/CCCCCCCC(=O)O[C@H](COC(=O)CCCCCCCCCCCCCCC(C)C)COP(=O)(O)OC[C@@H](O)COP(=O)(O)OC[C@@H](COC(=O)CCCCCCCCCCCC)OC(=O)CCCCCCCCCCCCCC(C)C. The van der Waals surface area contributed by atoms with Gasteiger partial charge in [-0.2, -0.15) is 0 Å².